The fraction of sp³-hybridized carbons (Fsp3) is 0.500. The van der Waals surface area contributed by atoms with Crippen molar-refractivity contribution in [3.05, 3.63) is 28.2 Å². The first-order valence-corrected chi connectivity index (χ1v) is 8.27. The van der Waals surface area contributed by atoms with E-state index < -0.39 is 0 Å². The number of halogens is 2. The van der Waals surface area contributed by atoms with Gasteiger partial charge in [0.05, 0.1) is 5.75 Å². The third kappa shape index (κ3) is 8.15. The summed E-state index contributed by atoms with van der Waals surface area (Å²) in [7, 11) is 0. The number of benzene rings is 1. The molecule has 0 aromatic heterocycles. The number of nitrogens with one attached hydrogen (secondary N) is 2. The van der Waals surface area contributed by atoms with Crippen LogP contribution in [-0.2, 0) is 4.79 Å². The SMILES string of the molecule is CCCNCCNC(=O)CSc1ccc(Br)cc1C.Cl. The highest BCUT2D eigenvalue weighted by Crippen LogP contribution is 2.24. The topological polar surface area (TPSA) is 41.1 Å². The molecular formula is C14H22BrClN2OS. The Labute approximate surface area is 140 Å². The number of thioether (sulfide) groups is 1. The maximum atomic E-state index is 11.7. The van der Waals surface area contributed by atoms with Crippen LogP contribution in [-0.4, -0.2) is 31.3 Å². The fourth-order valence-electron chi connectivity index (χ4n) is 1.56. The minimum absolute atomic E-state index is 0. The first-order valence-electron chi connectivity index (χ1n) is 6.50. The van der Waals surface area contributed by atoms with E-state index in [9.17, 15) is 4.79 Å². The summed E-state index contributed by atoms with van der Waals surface area (Å²) < 4.78 is 1.07. The molecule has 6 heteroatoms. The Morgan fingerprint density at radius 1 is 1.30 bits per heavy atom. The summed E-state index contributed by atoms with van der Waals surface area (Å²) in [6, 6.07) is 6.11. The van der Waals surface area contributed by atoms with Gasteiger partial charge in [0.25, 0.3) is 0 Å². The van der Waals surface area contributed by atoms with E-state index in [4.69, 9.17) is 0 Å². The molecule has 0 heterocycles. The Kier molecular flexibility index (Phi) is 11.3. The van der Waals surface area contributed by atoms with Gasteiger partial charge in [-0.05, 0) is 43.7 Å². The summed E-state index contributed by atoms with van der Waals surface area (Å²) >= 11 is 5.01. The Bertz CT molecular complexity index is 418. The van der Waals surface area contributed by atoms with Crippen molar-refractivity contribution < 1.29 is 4.79 Å². The van der Waals surface area contributed by atoms with E-state index in [1.54, 1.807) is 11.8 Å². The number of rotatable bonds is 8. The van der Waals surface area contributed by atoms with Crippen LogP contribution in [0.3, 0.4) is 0 Å². The summed E-state index contributed by atoms with van der Waals surface area (Å²) in [4.78, 5) is 12.8. The van der Waals surface area contributed by atoms with Gasteiger partial charge in [0.2, 0.25) is 5.91 Å². The Hall–Kier alpha value is -0.230. The molecule has 0 fully saturated rings. The number of aryl methyl sites for hydroxylation is 1. The Morgan fingerprint density at radius 3 is 2.70 bits per heavy atom. The monoisotopic (exact) mass is 380 g/mol. The van der Waals surface area contributed by atoms with Crippen molar-refractivity contribution in [2.75, 3.05) is 25.4 Å². The number of carbonyl (C=O) groups is 1. The van der Waals surface area contributed by atoms with Gasteiger partial charge in [-0.1, -0.05) is 22.9 Å². The molecule has 0 atom stereocenters. The van der Waals surface area contributed by atoms with Gasteiger partial charge in [-0.3, -0.25) is 4.79 Å². The van der Waals surface area contributed by atoms with Crippen molar-refractivity contribution in [2.45, 2.75) is 25.2 Å². The summed E-state index contributed by atoms with van der Waals surface area (Å²) in [5.41, 5.74) is 1.19. The van der Waals surface area contributed by atoms with Crippen LogP contribution in [0, 0.1) is 6.92 Å². The van der Waals surface area contributed by atoms with Crippen LogP contribution in [0.1, 0.15) is 18.9 Å². The van der Waals surface area contributed by atoms with Gasteiger partial charge in [-0.15, -0.1) is 24.2 Å². The van der Waals surface area contributed by atoms with E-state index in [-0.39, 0.29) is 18.3 Å². The highest BCUT2D eigenvalue weighted by molar-refractivity contribution is 9.10. The third-order valence-electron chi connectivity index (χ3n) is 2.55. The standard InChI is InChI=1S/C14H21BrN2OS.ClH/c1-3-6-16-7-8-17-14(18)10-19-13-5-4-12(15)9-11(13)2;/h4-5,9,16H,3,6-8,10H2,1-2H3,(H,17,18);1H. The molecule has 3 nitrogen and oxygen atoms in total. The number of carbonyl (C=O) groups excluding carboxylic acids is 1. The lowest BCUT2D eigenvalue weighted by atomic mass is 10.2. The molecule has 0 aliphatic rings. The molecule has 1 rings (SSSR count). The molecule has 0 bridgehead atoms. The molecule has 0 spiro atoms. The molecule has 0 saturated carbocycles. The smallest absolute Gasteiger partial charge is 0.230 e. The first kappa shape index (κ1) is 19.8. The van der Waals surface area contributed by atoms with Crippen molar-refractivity contribution in [1.82, 2.24) is 10.6 Å². The molecule has 0 saturated heterocycles. The van der Waals surface area contributed by atoms with Crippen LogP contribution in [0.2, 0.25) is 0 Å². The zero-order chi connectivity index (χ0) is 14.1. The Morgan fingerprint density at radius 2 is 2.05 bits per heavy atom. The predicted molar refractivity (Wildman–Crippen MR) is 93.0 cm³/mol. The molecule has 0 aliphatic heterocycles. The number of hydrogen-bond donors (Lipinski definition) is 2. The van der Waals surface area contributed by atoms with Crippen molar-refractivity contribution >= 4 is 46.0 Å². The maximum absolute atomic E-state index is 11.7. The van der Waals surface area contributed by atoms with Crippen LogP contribution in [0.15, 0.2) is 27.6 Å². The van der Waals surface area contributed by atoms with Gasteiger partial charge >= 0.3 is 0 Å². The number of amides is 1. The van der Waals surface area contributed by atoms with Gasteiger partial charge in [0, 0.05) is 22.5 Å². The van der Waals surface area contributed by atoms with Crippen molar-refractivity contribution in [2.24, 2.45) is 0 Å². The lowest BCUT2D eigenvalue weighted by Crippen LogP contribution is -2.33. The fourth-order valence-corrected chi connectivity index (χ4v) is 2.88. The lowest BCUT2D eigenvalue weighted by Gasteiger charge is -2.07. The van der Waals surface area contributed by atoms with Gasteiger partial charge in [-0.2, -0.15) is 0 Å². The average Bonchev–Trinajstić information content (AvgIpc) is 2.37. The molecule has 1 aromatic rings. The lowest BCUT2D eigenvalue weighted by molar-refractivity contribution is -0.118. The van der Waals surface area contributed by atoms with E-state index in [2.05, 4.69) is 46.5 Å². The quantitative estimate of drug-likeness (QED) is 0.536. The summed E-state index contributed by atoms with van der Waals surface area (Å²) in [6.45, 7) is 6.71. The van der Waals surface area contributed by atoms with E-state index in [1.807, 2.05) is 12.1 Å². The number of hydrogen-bond acceptors (Lipinski definition) is 3. The normalized spacial score (nSPS) is 9.95. The first-order chi connectivity index (χ1) is 9.13. The van der Waals surface area contributed by atoms with Crippen LogP contribution < -0.4 is 10.6 Å². The average molecular weight is 382 g/mol. The van der Waals surface area contributed by atoms with Crippen molar-refractivity contribution in [3.63, 3.8) is 0 Å². The molecule has 0 unspecified atom stereocenters. The van der Waals surface area contributed by atoms with Crippen LogP contribution in [0.4, 0.5) is 0 Å². The van der Waals surface area contributed by atoms with E-state index in [0.717, 1.165) is 28.9 Å². The molecule has 0 radical (unpaired) electrons. The summed E-state index contributed by atoms with van der Waals surface area (Å²) in [5.74, 6) is 0.557. The van der Waals surface area contributed by atoms with Crippen molar-refractivity contribution in [3.8, 4) is 0 Å². The minimum atomic E-state index is 0. The molecular weight excluding hydrogens is 360 g/mol. The molecule has 20 heavy (non-hydrogen) atoms. The Balaban J connectivity index is 0.00000361. The van der Waals surface area contributed by atoms with Gasteiger partial charge in [0.1, 0.15) is 0 Å². The third-order valence-corrected chi connectivity index (χ3v) is 4.22. The van der Waals surface area contributed by atoms with Crippen molar-refractivity contribution in [1.29, 1.82) is 0 Å². The van der Waals surface area contributed by atoms with Crippen LogP contribution in [0.5, 0.6) is 0 Å². The van der Waals surface area contributed by atoms with Gasteiger partial charge in [-0.25, -0.2) is 0 Å². The van der Waals surface area contributed by atoms with Crippen LogP contribution in [0.25, 0.3) is 0 Å². The second-order valence-electron chi connectivity index (χ2n) is 4.30. The molecule has 0 aliphatic carbocycles. The predicted octanol–water partition coefficient (Wildman–Crippen LogP) is 3.39. The molecule has 2 N–H and O–H groups in total. The van der Waals surface area contributed by atoms with E-state index in [0.29, 0.717) is 12.3 Å². The molecule has 1 aromatic carbocycles. The maximum Gasteiger partial charge on any atom is 0.230 e. The summed E-state index contributed by atoms with van der Waals surface area (Å²) in [5, 5.41) is 6.16. The zero-order valence-electron chi connectivity index (χ0n) is 11.9. The van der Waals surface area contributed by atoms with Crippen LogP contribution >= 0.6 is 40.1 Å². The zero-order valence-corrected chi connectivity index (χ0v) is 15.1. The summed E-state index contributed by atoms with van der Waals surface area (Å²) in [6.07, 6.45) is 1.12. The van der Waals surface area contributed by atoms with Gasteiger partial charge < -0.3 is 10.6 Å². The highest BCUT2D eigenvalue weighted by atomic mass is 79.9. The van der Waals surface area contributed by atoms with Gasteiger partial charge in [0.15, 0.2) is 0 Å². The van der Waals surface area contributed by atoms with E-state index in [1.165, 1.54) is 5.56 Å². The van der Waals surface area contributed by atoms with E-state index >= 15 is 0 Å². The second-order valence-corrected chi connectivity index (χ2v) is 6.23. The minimum Gasteiger partial charge on any atom is -0.354 e. The second kappa shape index (κ2) is 11.4. The molecule has 1 amide bonds. The largest absolute Gasteiger partial charge is 0.354 e. The highest BCUT2D eigenvalue weighted by Gasteiger charge is 2.04. The molecule has 114 valence electrons.